The summed E-state index contributed by atoms with van der Waals surface area (Å²) in [5.41, 5.74) is 4.24. The summed E-state index contributed by atoms with van der Waals surface area (Å²) in [6.07, 6.45) is 0. The number of anilines is 1. The highest BCUT2D eigenvalue weighted by Crippen LogP contribution is 2.40. The van der Waals surface area contributed by atoms with Crippen molar-refractivity contribution in [1.82, 2.24) is 24.4 Å². The van der Waals surface area contributed by atoms with Crippen molar-refractivity contribution in [3.05, 3.63) is 98.0 Å². The fourth-order valence-corrected chi connectivity index (χ4v) is 7.56. The van der Waals surface area contributed by atoms with Crippen LogP contribution in [0.15, 0.2) is 64.8 Å². The van der Waals surface area contributed by atoms with E-state index in [1.807, 2.05) is 43.3 Å². The van der Waals surface area contributed by atoms with Gasteiger partial charge in [0.1, 0.15) is 41.1 Å². The maximum atomic E-state index is 14.4. The number of fused-ring (bicyclic) bond motifs is 2. The number of thiophene rings is 1. The zero-order chi connectivity index (χ0) is 35.1. The molecule has 252 valence electrons. The Kier molecular flexibility index (Phi) is 8.96. The monoisotopic (exact) mass is 705 g/mol. The number of likely N-dealkylation sites (N-methyl/N-ethyl adjacent to an activating group) is 1. The number of aromatic carboxylic acids is 1. The second-order valence-electron chi connectivity index (χ2n) is 12.2. The Morgan fingerprint density at radius 3 is 2.50 bits per heavy atom. The first-order valence-corrected chi connectivity index (χ1v) is 17.3. The van der Waals surface area contributed by atoms with Gasteiger partial charge in [-0.25, -0.2) is 14.8 Å². The molecule has 0 unspecified atom stereocenters. The van der Waals surface area contributed by atoms with E-state index in [0.717, 1.165) is 24.2 Å². The van der Waals surface area contributed by atoms with E-state index >= 15 is 0 Å². The number of rotatable bonds is 8. The molecule has 0 bridgehead atoms. The van der Waals surface area contributed by atoms with E-state index in [-0.39, 0.29) is 35.2 Å². The molecule has 11 nitrogen and oxygen atoms in total. The molecule has 5 heterocycles. The molecule has 0 spiro atoms. The van der Waals surface area contributed by atoms with Crippen LogP contribution < -0.4 is 15.2 Å². The number of nitriles is 1. The summed E-state index contributed by atoms with van der Waals surface area (Å²) in [7, 11) is 2.06. The normalized spacial score (nSPS) is 13.5. The fourth-order valence-electron chi connectivity index (χ4n) is 6.37. The van der Waals surface area contributed by atoms with Crippen molar-refractivity contribution in [2.24, 2.45) is 0 Å². The number of piperazine rings is 1. The first-order valence-electron chi connectivity index (χ1n) is 16.0. The molecule has 0 saturated carbocycles. The molecule has 2 aromatic carbocycles. The summed E-state index contributed by atoms with van der Waals surface area (Å²) < 4.78 is 8.56. The standard InChI is InChI=1S/C37H32ClN7O4S/c1-21-17-26(34-32(40-21)28(20-50-34)37(47)48)25-18-24(38)9-10-29(25)49-16-15-45-22(2)41-33-30(36(45)46)27(19-39)35(44-13-11-43(3)12-14-44)42-31(33)23-7-5-4-6-8-23/h4-10,17-18,20H,11-16H2,1-3H3,(H,47,48). The molecule has 0 amide bonds. The third-order valence-corrected chi connectivity index (χ3v) is 10.2. The number of carboxylic acids is 1. The van der Waals surface area contributed by atoms with Crippen molar-refractivity contribution in [2.45, 2.75) is 20.4 Å². The molecule has 50 heavy (non-hydrogen) atoms. The lowest BCUT2D eigenvalue weighted by molar-refractivity contribution is 0.0699. The number of aryl methyl sites for hydroxylation is 2. The number of nitrogens with zero attached hydrogens (tertiary/aromatic N) is 7. The number of carboxylic acid groups (broad SMARTS) is 1. The molecule has 0 radical (unpaired) electrons. The van der Waals surface area contributed by atoms with E-state index in [1.54, 1.807) is 30.5 Å². The predicted molar refractivity (Wildman–Crippen MR) is 196 cm³/mol. The van der Waals surface area contributed by atoms with Crippen LogP contribution in [0.3, 0.4) is 0 Å². The Labute approximate surface area is 296 Å². The van der Waals surface area contributed by atoms with Crippen molar-refractivity contribution < 1.29 is 14.6 Å². The number of aromatic nitrogens is 4. The van der Waals surface area contributed by atoms with Gasteiger partial charge in [-0.15, -0.1) is 11.3 Å². The molecule has 1 fully saturated rings. The third kappa shape index (κ3) is 6.04. The summed E-state index contributed by atoms with van der Waals surface area (Å²) in [6.45, 7) is 6.79. The highest BCUT2D eigenvalue weighted by molar-refractivity contribution is 7.18. The van der Waals surface area contributed by atoms with Crippen LogP contribution in [0.25, 0.3) is 43.5 Å². The van der Waals surface area contributed by atoms with Crippen molar-refractivity contribution >= 4 is 55.8 Å². The van der Waals surface area contributed by atoms with Crippen molar-refractivity contribution in [2.75, 3.05) is 44.7 Å². The number of benzene rings is 2. The zero-order valence-electron chi connectivity index (χ0n) is 27.6. The third-order valence-electron chi connectivity index (χ3n) is 8.92. The molecule has 13 heteroatoms. The molecule has 4 aromatic heterocycles. The number of ether oxygens (including phenoxy) is 1. The topological polar surface area (TPSA) is 137 Å². The summed E-state index contributed by atoms with van der Waals surface area (Å²) in [6, 6.07) is 19.0. The van der Waals surface area contributed by atoms with Gasteiger partial charge in [-0.05, 0) is 45.2 Å². The number of carbonyl (C=O) groups is 1. The highest BCUT2D eigenvalue weighted by Gasteiger charge is 2.26. The van der Waals surface area contributed by atoms with Gasteiger partial charge in [0.25, 0.3) is 5.56 Å². The highest BCUT2D eigenvalue weighted by atomic mass is 35.5. The van der Waals surface area contributed by atoms with E-state index in [1.165, 1.54) is 15.9 Å². The maximum Gasteiger partial charge on any atom is 0.338 e. The molecule has 0 aliphatic carbocycles. The number of hydrogen-bond donors (Lipinski definition) is 1. The van der Waals surface area contributed by atoms with Gasteiger partial charge in [-0.3, -0.25) is 14.3 Å². The molecular formula is C37H32ClN7O4S. The van der Waals surface area contributed by atoms with Gasteiger partial charge in [0.05, 0.1) is 33.4 Å². The first-order chi connectivity index (χ1) is 24.1. The Morgan fingerprint density at radius 1 is 1.02 bits per heavy atom. The van der Waals surface area contributed by atoms with Crippen molar-refractivity contribution in [3.8, 4) is 34.2 Å². The van der Waals surface area contributed by atoms with E-state index in [2.05, 4.69) is 27.9 Å². The van der Waals surface area contributed by atoms with E-state index in [4.69, 9.17) is 26.3 Å². The summed E-state index contributed by atoms with van der Waals surface area (Å²) in [5.74, 6) is 0.414. The fraction of sp³-hybridized carbons (Fsp3) is 0.243. The molecule has 1 saturated heterocycles. The smallest absolute Gasteiger partial charge is 0.338 e. The van der Waals surface area contributed by atoms with Crippen LogP contribution in [0, 0.1) is 25.2 Å². The molecule has 7 rings (SSSR count). The van der Waals surface area contributed by atoms with Crippen LogP contribution in [0.1, 0.15) is 27.4 Å². The molecule has 1 N–H and O–H groups in total. The maximum absolute atomic E-state index is 14.4. The van der Waals surface area contributed by atoms with Crippen LogP contribution in [-0.2, 0) is 6.54 Å². The van der Waals surface area contributed by atoms with Gasteiger partial charge in [-0.2, -0.15) is 5.26 Å². The van der Waals surface area contributed by atoms with E-state index in [0.29, 0.717) is 68.2 Å². The van der Waals surface area contributed by atoms with Gasteiger partial charge in [0, 0.05) is 59.0 Å². The quantitative estimate of drug-likeness (QED) is 0.189. The van der Waals surface area contributed by atoms with Gasteiger partial charge in [0.2, 0.25) is 0 Å². The Bertz CT molecular complexity index is 2400. The SMILES string of the molecule is Cc1cc(-c2cc(Cl)ccc2OCCn2c(C)nc3c(-c4ccccc4)nc(N4CCN(C)CC4)c(C#N)c3c2=O)c2scc(C(=O)O)c2n1. The second-order valence-corrected chi connectivity index (χ2v) is 13.5. The molecule has 0 atom stereocenters. The Morgan fingerprint density at radius 2 is 1.78 bits per heavy atom. The minimum Gasteiger partial charge on any atom is -0.491 e. The van der Waals surface area contributed by atoms with Gasteiger partial charge in [-0.1, -0.05) is 41.9 Å². The largest absolute Gasteiger partial charge is 0.491 e. The minimum atomic E-state index is -1.05. The van der Waals surface area contributed by atoms with E-state index in [9.17, 15) is 20.0 Å². The number of halogens is 1. The van der Waals surface area contributed by atoms with Crippen molar-refractivity contribution in [1.29, 1.82) is 5.26 Å². The number of hydrogen-bond acceptors (Lipinski definition) is 10. The predicted octanol–water partition coefficient (Wildman–Crippen LogP) is 6.41. The molecular weight excluding hydrogens is 674 g/mol. The van der Waals surface area contributed by atoms with Crippen LogP contribution in [0.4, 0.5) is 5.82 Å². The average molecular weight is 706 g/mol. The zero-order valence-corrected chi connectivity index (χ0v) is 29.2. The van der Waals surface area contributed by atoms with Crippen LogP contribution in [0.5, 0.6) is 5.75 Å². The molecule has 1 aliphatic heterocycles. The van der Waals surface area contributed by atoms with Crippen LogP contribution >= 0.6 is 22.9 Å². The Hall–Kier alpha value is -5.35. The van der Waals surface area contributed by atoms with Gasteiger partial charge >= 0.3 is 5.97 Å². The van der Waals surface area contributed by atoms with E-state index < -0.39 is 5.97 Å². The lowest BCUT2D eigenvalue weighted by atomic mass is 10.0. The lowest BCUT2D eigenvalue weighted by Crippen LogP contribution is -2.45. The van der Waals surface area contributed by atoms with Crippen LogP contribution in [0.2, 0.25) is 5.02 Å². The van der Waals surface area contributed by atoms with Gasteiger partial charge < -0.3 is 19.6 Å². The lowest BCUT2D eigenvalue weighted by Gasteiger charge is -2.34. The minimum absolute atomic E-state index is 0.102. The number of pyridine rings is 2. The molecule has 6 aromatic rings. The summed E-state index contributed by atoms with van der Waals surface area (Å²) in [5, 5.41) is 22.5. The second kappa shape index (κ2) is 13.5. The first kappa shape index (κ1) is 33.2. The average Bonchev–Trinajstić information content (AvgIpc) is 3.54. The van der Waals surface area contributed by atoms with Crippen molar-refractivity contribution in [3.63, 3.8) is 0 Å². The van der Waals surface area contributed by atoms with Crippen LogP contribution in [-0.4, -0.2) is 75.3 Å². The summed E-state index contributed by atoms with van der Waals surface area (Å²) in [4.78, 5) is 44.9. The van der Waals surface area contributed by atoms with Gasteiger partial charge in [0.15, 0.2) is 0 Å². The molecule has 1 aliphatic rings. The summed E-state index contributed by atoms with van der Waals surface area (Å²) >= 11 is 7.74. The Balaban J connectivity index is 1.28.